The van der Waals surface area contributed by atoms with E-state index >= 15 is 0 Å². The lowest BCUT2D eigenvalue weighted by molar-refractivity contribution is 0.0533. The molecule has 0 saturated carbocycles. The van der Waals surface area contributed by atoms with E-state index in [-0.39, 0.29) is 0 Å². The van der Waals surface area contributed by atoms with Crippen molar-refractivity contribution in [3.8, 4) is 0 Å². The summed E-state index contributed by atoms with van der Waals surface area (Å²) >= 11 is 0. The van der Waals surface area contributed by atoms with Gasteiger partial charge < -0.3 is 10.1 Å². The van der Waals surface area contributed by atoms with Crippen molar-refractivity contribution < 1.29 is 4.74 Å². The van der Waals surface area contributed by atoms with E-state index in [2.05, 4.69) is 29.4 Å². The Hall–Kier alpha value is -0.930. The highest BCUT2D eigenvalue weighted by Crippen LogP contribution is 2.28. The van der Waals surface area contributed by atoms with E-state index in [4.69, 9.17) is 4.74 Å². The van der Waals surface area contributed by atoms with E-state index in [0.29, 0.717) is 12.0 Å². The molecule has 3 nitrogen and oxygen atoms in total. The fourth-order valence-electron chi connectivity index (χ4n) is 2.34. The number of hydrogen-bond acceptors (Lipinski definition) is 3. The van der Waals surface area contributed by atoms with Crippen LogP contribution >= 0.6 is 0 Å². The van der Waals surface area contributed by atoms with Crippen LogP contribution in [0.5, 0.6) is 0 Å². The normalized spacial score (nSPS) is 19.6. The number of hydrogen-bond donors (Lipinski definition) is 1. The quantitative estimate of drug-likeness (QED) is 0.844. The third kappa shape index (κ3) is 2.80. The van der Waals surface area contributed by atoms with Gasteiger partial charge in [0.25, 0.3) is 0 Å². The molecule has 2 rings (SSSR count). The molecule has 1 atom stereocenters. The van der Waals surface area contributed by atoms with Gasteiger partial charge in [0.1, 0.15) is 0 Å². The first kappa shape index (κ1) is 11.6. The van der Waals surface area contributed by atoms with Crippen molar-refractivity contribution in [2.45, 2.75) is 25.8 Å². The van der Waals surface area contributed by atoms with Crippen LogP contribution in [0.25, 0.3) is 0 Å². The lowest BCUT2D eigenvalue weighted by atomic mass is 9.89. The number of ether oxygens (including phenoxy) is 1. The van der Waals surface area contributed by atoms with Gasteiger partial charge in [-0.3, -0.25) is 4.98 Å². The molecule has 1 aromatic heterocycles. The minimum atomic E-state index is 0.384. The monoisotopic (exact) mass is 220 g/mol. The highest BCUT2D eigenvalue weighted by Gasteiger charge is 2.25. The molecule has 3 heteroatoms. The van der Waals surface area contributed by atoms with Gasteiger partial charge in [-0.25, -0.2) is 0 Å². The van der Waals surface area contributed by atoms with Gasteiger partial charge in [-0.15, -0.1) is 0 Å². The summed E-state index contributed by atoms with van der Waals surface area (Å²) in [5.74, 6) is 0.656. The molecule has 1 N–H and O–H groups in total. The number of nitrogens with zero attached hydrogens (tertiary/aromatic N) is 1. The Morgan fingerprint density at radius 2 is 2.25 bits per heavy atom. The summed E-state index contributed by atoms with van der Waals surface area (Å²) in [6.45, 7) is 4.91. The van der Waals surface area contributed by atoms with Crippen molar-refractivity contribution in [1.29, 1.82) is 0 Å². The van der Waals surface area contributed by atoms with Crippen LogP contribution < -0.4 is 5.32 Å². The van der Waals surface area contributed by atoms with E-state index in [9.17, 15) is 0 Å². The molecule has 1 aliphatic rings. The van der Waals surface area contributed by atoms with Gasteiger partial charge in [0.2, 0.25) is 0 Å². The predicted molar refractivity (Wildman–Crippen MR) is 64.2 cm³/mol. The average molecular weight is 220 g/mol. The molecule has 1 saturated heterocycles. The van der Waals surface area contributed by atoms with Crippen LogP contribution in [0, 0.1) is 5.92 Å². The number of rotatable bonds is 4. The third-order valence-corrected chi connectivity index (χ3v) is 3.17. The highest BCUT2D eigenvalue weighted by molar-refractivity contribution is 5.10. The Morgan fingerprint density at radius 3 is 2.88 bits per heavy atom. The fourth-order valence-corrected chi connectivity index (χ4v) is 2.34. The topological polar surface area (TPSA) is 34.2 Å². The lowest BCUT2D eigenvalue weighted by Gasteiger charge is -2.30. The van der Waals surface area contributed by atoms with Gasteiger partial charge in [0.05, 0.1) is 11.7 Å². The molecule has 0 radical (unpaired) electrons. The van der Waals surface area contributed by atoms with Crippen LogP contribution in [-0.2, 0) is 4.74 Å². The van der Waals surface area contributed by atoms with Gasteiger partial charge in [0.15, 0.2) is 0 Å². The van der Waals surface area contributed by atoms with Gasteiger partial charge in [-0.2, -0.15) is 0 Å². The second-order valence-electron chi connectivity index (χ2n) is 4.24. The summed E-state index contributed by atoms with van der Waals surface area (Å²) in [5.41, 5.74) is 1.16. The summed E-state index contributed by atoms with van der Waals surface area (Å²) in [5, 5.41) is 3.55. The predicted octanol–water partition coefficient (Wildman–Crippen LogP) is 2.16. The van der Waals surface area contributed by atoms with Crippen LogP contribution in [0.4, 0.5) is 0 Å². The lowest BCUT2D eigenvalue weighted by Crippen LogP contribution is -2.32. The third-order valence-electron chi connectivity index (χ3n) is 3.17. The van der Waals surface area contributed by atoms with Crippen molar-refractivity contribution in [2.24, 2.45) is 5.92 Å². The Bertz CT molecular complexity index is 296. The summed E-state index contributed by atoms with van der Waals surface area (Å²) in [6, 6.07) is 6.53. The highest BCUT2D eigenvalue weighted by atomic mass is 16.5. The number of nitrogens with one attached hydrogen (secondary N) is 1. The molecule has 1 aromatic rings. The van der Waals surface area contributed by atoms with Crippen LogP contribution in [0.3, 0.4) is 0 Å². The zero-order valence-electron chi connectivity index (χ0n) is 9.86. The Balaban J connectivity index is 2.09. The average Bonchev–Trinajstić information content (AvgIpc) is 2.38. The second-order valence-corrected chi connectivity index (χ2v) is 4.24. The van der Waals surface area contributed by atoms with Crippen LogP contribution in [-0.4, -0.2) is 24.7 Å². The van der Waals surface area contributed by atoms with Crippen molar-refractivity contribution in [3.63, 3.8) is 0 Å². The molecule has 2 heterocycles. The van der Waals surface area contributed by atoms with Crippen molar-refractivity contribution >= 4 is 0 Å². The second kappa shape index (κ2) is 5.97. The summed E-state index contributed by atoms with van der Waals surface area (Å²) in [4.78, 5) is 4.47. The summed E-state index contributed by atoms with van der Waals surface area (Å²) in [6.07, 6.45) is 4.14. The van der Waals surface area contributed by atoms with Crippen molar-refractivity contribution in [2.75, 3.05) is 19.8 Å². The van der Waals surface area contributed by atoms with Gasteiger partial charge in [-0.1, -0.05) is 13.0 Å². The molecule has 1 aliphatic heterocycles. The zero-order chi connectivity index (χ0) is 11.2. The molecule has 0 bridgehead atoms. The Labute approximate surface area is 97.2 Å². The van der Waals surface area contributed by atoms with Gasteiger partial charge in [-0.05, 0) is 37.4 Å². The smallest absolute Gasteiger partial charge is 0.0576 e. The maximum atomic E-state index is 5.42. The van der Waals surface area contributed by atoms with Gasteiger partial charge in [0, 0.05) is 19.4 Å². The van der Waals surface area contributed by atoms with Crippen molar-refractivity contribution in [3.05, 3.63) is 30.1 Å². The first-order valence-electron chi connectivity index (χ1n) is 6.14. The molecule has 16 heavy (non-hydrogen) atoms. The number of pyridine rings is 1. The van der Waals surface area contributed by atoms with E-state index in [1.54, 1.807) is 0 Å². The summed E-state index contributed by atoms with van der Waals surface area (Å²) in [7, 11) is 0. The maximum absolute atomic E-state index is 5.42. The molecule has 0 aliphatic carbocycles. The Morgan fingerprint density at radius 1 is 1.44 bits per heavy atom. The zero-order valence-corrected chi connectivity index (χ0v) is 9.86. The molecule has 0 aromatic carbocycles. The first-order valence-corrected chi connectivity index (χ1v) is 6.14. The molecule has 1 fully saturated rings. The minimum absolute atomic E-state index is 0.384. The summed E-state index contributed by atoms with van der Waals surface area (Å²) < 4.78 is 5.42. The maximum Gasteiger partial charge on any atom is 0.0576 e. The minimum Gasteiger partial charge on any atom is -0.381 e. The van der Waals surface area contributed by atoms with E-state index < -0.39 is 0 Å². The van der Waals surface area contributed by atoms with E-state index in [0.717, 1.165) is 38.3 Å². The molecular formula is C13H20N2O. The molecule has 1 unspecified atom stereocenters. The standard InChI is InChI=1S/C13H20N2O/c1-2-14-13(11-6-9-16-10-7-11)12-5-3-4-8-15-12/h3-5,8,11,13-14H,2,6-7,9-10H2,1H3. The van der Waals surface area contributed by atoms with Crippen LogP contribution in [0.1, 0.15) is 31.5 Å². The fraction of sp³-hybridized carbons (Fsp3) is 0.615. The van der Waals surface area contributed by atoms with Crippen molar-refractivity contribution in [1.82, 2.24) is 10.3 Å². The Kier molecular flexibility index (Phi) is 4.31. The molecule has 88 valence electrons. The molecule has 0 amide bonds. The van der Waals surface area contributed by atoms with E-state index in [1.165, 1.54) is 0 Å². The molecular weight excluding hydrogens is 200 g/mol. The van der Waals surface area contributed by atoms with Crippen LogP contribution in [0.15, 0.2) is 24.4 Å². The first-order chi connectivity index (χ1) is 7.92. The van der Waals surface area contributed by atoms with E-state index in [1.807, 2.05) is 12.3 Å². The SMILES string of the molecule is CCNC(c1ccccn1)C1CCOCC1. The van der Waals surface area contributed by atoms with Gasteiger partial charge >= 0.3 is 0 Å². The van der Waals surface area contributed by atoms with Crippen LogP contribution in [0.2, 0.25) is 0 Å². The molecule has 0 spiro atoms. The number of aromatic nitrogens is 1. The largest absolute Gasteiger partial charge is 0.381 e.